The molecule has 1 aromatic carbocycles. The summed E-state index contributed by atoms with van der Waals surface area (Å²) in [6, 6.07) is 8.16. The van der Waals surface area contributed by atoms with Crippen molar-refractivity contribution in [2.45, 2.75) is 69.8 Å². The van der Waals surface area contributed by atoms with Gasteiger partial charge in [0, 0.05) is 6.42 Å². The minimum atomic E-state index is -4.99. The van der Waals surface area contributed by atoms with E-state index >= 15 is 0 Å². The van der Waals surface area contributed by atoms with E-state index in [1.54, 1.807) is 30.3 Å². The van der Waals surface area contributed by atoms with Gasteiger partial charge in [-0.2, -0.15) is 18.1 Å². The lowest BCUT2D eigenvalue weighted by Crippen LogP contribution is -2.96. The molecule has 28 heavy (non-hydrogen) atoms. The van der Waals surface area contributed by atoms with Gasteiger partial charge in [-0.1, -0.05) is 31.5 Å². The van der Waals surface area contributed by atoms with Crippen molar-refractivity contribution < 1.29 is 27.8 Å². The number of nitrogens with one attached hydrogen (secondary N) is 2. The van der Waals surface area contributed by atoms with Crippen LogP contribution in [-0.2, 0) is 9.59 Å². The molecule has 0 saturated heterocycles. The van der Waals surface area contributed by atoms with Crippen molar-refractivity contribution >= 4 is 17.6 Å². The van der Waals surface area contributed by atoms with E-state index < -0.39 is 23.7 Å². The second kappa shape index (κ2) is 7.93. The summed E-state index contributed by atoms with van der Waals surface area (Å²) in [7, 11) is 0. The zero-order chi connectivity index (χ0) is 20.4. The van der Waals surface area contributed by atoms with Gasteiger partial charge in [0.05, 0.1) is 5.56 Å². The molecular weight excluding hydrogens is 371 g/mol. The second-order valence-electron chi connectivity index (χ2n) is 7.35. The highest BCUT2D eigenvalue weighted by Gasteiger charge is 2.73. The lowest BCUT2D eigenvalue weighted by Gasteiger charge is -2.26. The number of rotatable bonds is 6. The van der Waals surface area contributed by atoms with Crippen LogP contribution in [0.15, 0.2) is 30.3 Å². The van der Waals surface area contributed by atoms with Crippen molar-refractivity contribution in [2.75, 3.05) is 0 Å². The molecule has 1 aromatic rings. The topological polar surface area (TPSA) is 63.4 Å². The second-order valence-corrected chi connectivity index (χ2v) is 7.35. The van der Waals surface area contributed by atoms with Crippen LogP contribution in [0.5, 0.6) is 0 Å². The van der Waals surface area contributed by atoms with Crippen molar-refractivity contribution in [3.8, 4) is 0 Å². The van der Waals surface area contributed by atoms with Gasteiger partial charge in [-0.15, -0.1) is 0 Å². The average molecular weight is 396 g/mol. The lowest BCUT2D eigenvalue weighted by atomic mass is 10.1. The van der Waals surface area contributed by atoms with Crippen LogP contribution in [0, 0.1) is 0 Å². The Morgan fingerprint density at radius 3 is 2.46 bits per heavy atom. The first-order valence-electron chi connectivity index (χ1n) is 9.72. The summed E-state index contributed by atoms with van der Waals surface area (Å²) in [4.78, 5) is 29.0. The Morgan fingerprint density at radius 1 is 1.25 bits per heavy atom. The van der Waals surface area contributed by atoms with Crippen molar-refractivity contribution in [3.63, 3.8) is 0 Å². The summed E-state index contributed by atoms with van der Waals surface area (Å²) in [5.41, 5.74) is -2.65. The van der Waals surface area contributed by atoms with Gasteiger partial charge in [0.1, 0.15) is 6.04 Å². The van der Waals surface area contributed by atoms with Crippen molar-refractivity contribution in [2.24, 2.45) is 0 Å². The Labute approximate surface area is 162 Å². The van der Waals surface area contributed by atoms with Crippen LogP contribution in [0.4, 0.5) is 13.2 Å². The maximum atomic E-state index is 14.2. The maximum absolute atomic E-state index is 14.2. The molecule has 3 rings (SSSR count). The first-order valence-corrected chi connectivity index (χ1v) is 9.72. The van der Waals surface area contributed by atoms with Crippen LogP contribution < -0.4 is 10.3 Å². The zero-order valence-electron chi connectivity index (χ0n) is 15.8. The fourth-order valence-electron chi connectivity index (χ4n) is 3.85. The Hall–Kier alpha value is -2.38. The van der Waals surface area contributed by atoms with Gasteiger partial charge in [0.25, 0.3) is 5.84 Å². The van der Waals surface area contributed by atoms with Gasteiger partial charge in [0.15, 0.2) is 0 Å². The van der Waals surface area contributed by atoms with Crippen LogP contribution >= 0.6 is 0 Å². The number of hydrogen-bond donors (Lipinski definition) is 2. The van der Waals surface area contributed by atoms with E-state index in [0.29, 0.717) is 31.2 Å². The predicted octanol–water partition coefficient (Wildman–Crippen LogP) is 1.86. The van der Waals surface area contributed by atoms with Gasteiger partial charge in [-0.3, -0.25) is 10.1 Å². The third kappa shape index (κ3) is 3.64. The van der Waals surface area contributed by atoms with Crippen LogP contribution in [0.2, 0.25) is 0 Å². The molecule has 0 bridgehead atoms. The summed E-state index contributed by atoms with van der Waals surface area (Å²) in [5.74, 6) is -1.85. The molecule has 8 heteroatoms. The minimum Gasteiger partial charge on any atom is -0.298 e. The Balaban J connectivity index is 2.06. The third-order valence-corrected chi connectivity index (χ3v) is 5.33. The maximum Gasteiger partial charge on any atom is 0.465 e. The first kappa shape index (κ1) is 20.4. The summed E-state index contributed by atoms with van der Waals surface area (Å²) in [5, 5.41) is 1.98. The van der Waals surface area contributed by atoms with Crippen molar-refractivity contribution in [1.29, 1.82) is 0 Å². The molecule has 1 fully saturated rings. The standard InChI is InChI=1S/C20H24F3N3O2/c1-2-3-13-16(27)24-19(20(21,22)23)18(28)26(15-11-7-8-12-15)17(25-19)14-9-5-4-6-10-14/h4-6,9-10,15H,2-3,7-8,11-13H2,1H3,(H,24,27)/p+1/t19-/m0/s1. The van der Waals surface area contributed by atoms with Gasteiger partial charge < -0.3 is 0 Å². The highest BCUT2D eigenvalue weighted by Crippen LogP contribution is 2.33. The molecular formula is C20H25F3N3O2+. The molecule has 0 aromatic heterocycles. The van der Waals surface area contributed by atoms with Gasteiger partial charge in [0.2, 0.25) is 5.91 Å². The largest absolute Gasteiger partial charge is 0.465 e. The lowest BCUT2D eigenvalue weighted by molar-refractivity contribution is -0.581. The van der Waals surface area contributed by atoms with E-state index in [2.05, 4.69) is 4.99 Å². The molecule has 1 saturated carbocycles. The number of hydrogen-bond acceptors (Lipinski definition) is 2. The first-order chi connectivity index (χ1) is 13.3. The molecule has 1 atom stereocenters. The molecule has 0 radical (unpaired) electrons. The molecule has 0 spiro atoms. The monoisotopic (exact) mass is 396 g/mol. The molecule has 2 aliphatic rings. The zero-order valence-corrected chi connectivity index (χ0v) is 15.8. The molecule has 152 valence electrons. The highest BCUT2D eigenvalue weighted by atomic mass is 19.4. The van der Waals surface area contributed by atoms with Gasteiger partial charge >= 0.3 is 17.7 Å². The fourth-order valence-corrected chi connectivity index (χ4v) is 3.85. The van der Waals surface area contributed by atoms with Crippen molar-refractivity contribution in [3.05, 3.63) is 35.9 Å². The summed E-state index contributed by atoms with van der Waals surface area (Å²) in [6.45, 7) is 1.84. The van der Waals surface area contributed by atoms with Crippen molar-refractivity contribution in [1.82, 2.24) is 10.2 Å². The number of amidine groups is 1. The quantitative estimate of drug-likeness (QED) is 0.771. The van der Waals surface area contributed by atoms with E-state index in [0.717, 1.165) is 12.8 Å². The molecule has 5 nitrogen and oxygen atoms in total. The molecule has 1 heterocycles. The van der Waals surface area contributed by atoms with E-state index in [1.807, 2.05) is 12.2 Å². The van der Waals surface area contributed by atoms with Crippen LogP contribution in [-0.4, -0.2) is 40.4 Å². The van der Waals surface area contributed by atoms with Gasteiger partial charge in [-0.25, -0.2) is 9.79 Å². The Bertz CT molecular complexity index is 758. The molecule has 2 N–H and O–H groups in total. The molecule has 1 aliphatic carbocycles. The van der Waals surface area contributed by atoms with E-state index in [-0.39, 0.29) is 18.3 Å². The molecule has 1 aliphatic heterocycles. The predicted molar refractivity (Wildman–Crippen MR) is 97.1 cm³/mol. The van der Waals surface area contributed by atoms with Crippen LogP contribution in [0.25, 0.3) is 0 Å². The van der Waals surface area contributed by atoms with Crippen LogP contribution in [0.1, 0.15) is 57.4 Å². The number of amides is 2. The smallest absolute Gasteiger partial charge is 0.298 e. The third-order valence-electron chi connectivity index (χ3n) is 5.33. The number of benzene rings is 1. The number of carbonyl (C=O) groups is 2. The SMILES string of the molecule is CCCCC(=O)N[C@]1(C(F)(F)F)[NH+]=C(c2ccccc2)N(C2CCCC2)C1=O. The summed E-state index contributed by atoms with van der Waals surface area (Å²) in [6.07, 6.45) is -0.925. The minimum absolute atomic E-state index is 0.0621. The average Bonchev–Trinajstić information content (AvgIpc) is 3.27. The van der Waals surface area contributed by atoms with E-state index in [4.69, 9.17) is 0 Å². The molecule has 0 unspecified atom stereocenters. The summed E-state index contributed by atoms with van der Waals surface area (Å²) < 4.78 is 42.5. The van der Waals surface area contributed by atoms with E-state index in [1.165, 1.54) is 4.90 Å². The number of nitrogens with zero attached hydrogens (tertiary/aromatic N) is 1. The Morgan fingerprint density at radius 2 is 1.89 bits per heavy atom. The number of alkyl halides is 3. The number of carbonyl (C=O) groups excluding carboxylic acids is 2. The summed E-state index contributed by atoms with van der Waals surface area (Å²) >= 11 is 0. The van der Waals surface area contributed by atoms with Crippen LogP contribution in [0.3, 0.4) is 0 Å². The van der Waals surface area contributed by atoms with E-state index in [9.17, 15) is 22.8 Å². The Kier molecular flexibility index (Phi) is 5.76. The van der Waals surface area contributed by atoms with Gasteiger partial charge in [-0.05, 0) is 44.2 Å². The molecule has 2 amide bonds. The number of unbranched alkanes of at least 4 members (excludes halogenated alkanes) is 1. The normalized spacial score (nSPS) is 23.2. The number of halogens is 3. The highest BCUT2D eigenvalue weighted by molar-refractivity contribution is 6.11. The fraction of sp³-hybridized carbons (Fsp3) is 0.550.